The Morgan fingerprint density at radius 3 is 2.91 bits per heavy atom. The SMILES string of the molecule is COCc1cc(C)nc(NN=Cc2ccccc2F)c1C#N. The topological polar surface area (TPSA) is 70.3 Å². The van der Waals surface area contributed by atoms with Crippen molar-refractivity contribution in [3.8, 4) is 6.07 Å². The van der Waals surface area contributed by atoms with E-state index in [4.69, 9.17) is 4.74 Å². The van der Waals surface area contributed by atoms with Gasteiger partial charge in [0.1, 0.15) is 17.4 Å². The van der Waals surface area contributed by atoms with Gasteiger partial charge in [0, 0.05) is 23.9 Å². The number of hydrogen-bond acceptors (Lipinski definition) is 5. The van der Waals surface area contributed by atoms with Gasteiger partial charge in [0.25, 0.3) is 0 Å². The molecule has 0 amide bonds. The molecule has 22 heavy (non-hydrogen) atoms. The summed E-state index contributed by atoms with van der Waals surface area (Å²) in [5.74, 6) is -0.0482. The Labute approximate surface area is 128 Å². The predicted octanol–water partition coefficient (Wildman–Crippen LogP) is 2.99. The van der Waals surface area contributed by atoms with Crippen LogP contribution in [0.5, 0.6) is 0 Å². The molecule has 0 aliphatic rings. The van der Waals surface area contributed by atoms with Gasteiger partial charge < -0.3 is 4.74 Å². The van der Waals surface area contributed by atoms with Crippen molar-refractivity contribution in [2.75, 3.05) is 12.5 Å². The number of benzene rings is 1. The van der Waals surface area contributed by atoms with Gasteiger partial charge in [-0.3, -0.25) is 5.43 Å². The first-order valence-corrected chi connectivity index (χ1v) is 6.59. The highest BCUT2D eigenvalue weighted by Crippen LogP contribution is 2.19. The van der Waals surface area contributed by atoms with Gasteiger partial charge in [-0.15, -0.1) is 0 Å². The van der Waals surface area contributed by atoms with Crippen LogP contribution in [-0.4, -0.2) is 18.3 Å². The molecule has 2 aromatic rings. The summed E-state index contributed by atoms with van der Waals surface area (Å²) in [5.41, 5.74) is 4.85. The van der Waals surface area contributed by atoms with E-state index in [1.54, 1.807) is 31.4 Å². The van der Waals surface area contributed by atoms with E-state index in [1.165, 1.54) is 12.3 Å². The summed E-state index contributed by atoms with van der Waals surface area (Å²) < 4.78 is 18.6. The van der Waals surface area contributed by atoms with Crippen LogP contribution in [0.3, 0.4) is 0 Å². The zero-order valence-electron chi connectivity index (χ0n) is 12.3. The molecule has 0 radical (unpaired) electrons. The smallest absolute Gasteiger partial charge is 0.164 e. The van der Waals surface area contributed by atoms with Crippen molar-refractivity contribution >= 4 is 12.0 Å². The normalized spacial score (nSPS) is 10.6. The lowest BCUT2D eigenvalue weighted by Crippen LogP contribution is -2.03. The summed E-state index contributed by atoms with van der Waals surface area (Å²) in [6.45, 7) is 2.12. The van der Waals surface area contributed by atoms with Gasteiger partial charge in [-0.2, -0.15) is 10.4 Å². The third kappa shape index (κ3) is 3.65. The van der Waals surface area contributed by atoms with Crippen LogP contribution in [0, 0.1) is 24.1 Å². The maximum atomic E-state index is 13.5. The number of nitrogens with zero attached hydrogens (tertiary/aromatic N) is 3. The average Bonchev–Trinajstić information content (AvgIpc) is 2.49. The summed E-state index contributed by atoms with van der Waals surface area (Å²) in [4.78, 5) is 4.24. The number of rotatable bonds is 5. The zero-order chi connectivity index (χ0) is 15.9. The molecule has 0 bridgehead atoms. The van der Waals surface area contributed by atoms with Gasteiger partial charge >= 0.3 is 0 Å². The number of aromatic nitrogens is 1. The molecular weight excluding hydrogens is 283 g/mol. The first kappa shape index (κ1) is 15.6. The van der Waals surface area contributed by atoms with Gasteiger partial charge in [-0.25, -0.2) is 9.37 Å². The maximum absolute atomic E-state index is 13.5. The number of ether oxygens (including phenoxy) is 1. The zero-order valence-corrected chi connectivity index (χ0v) is 12.3. The number of methoxy groups -OCH3 is 1. The van der Waals surface area contributed by atoms with Crippen molar-refractivity contribution in [1.29, 1.82) is 5.26 Å². The Morgan fingerprint density at radius 1 is 1.45 bits per heavy atom. The van der Waals surface area contributed by atoms with E-state index in [9.17, 15) is 9.65 Å². The van der Waals surface area contributed by atoms with Crippen LogP contribution in [0.1, 0.15) is 22.4 Å². The minimum atomic E-state index is -0.370. The van der Waals surface area contributed by atoms with Crippen molar-refractivity contribution in [3.63, 3.8) is 0 Å². The second-order valence-corrected chi connectivity index (χ2v) is 4.58. The number of halogens is 1. The summed E-state index contributed by atoms with van der Waals surface area (Å²) in [6, 6.07) is 10.1. The second kappa shape index (κ2) is 7.29. The first-order chi connectivity index (χ1) is 10.7. The van der Waals surface area contributed by atoms with E-state index in [0.29, 0.717) is 23.6 Å². The molecule has 2 rings (SSSR count). The molecular formula is C16H15FN4O. The molecule has 0 aliphatic heterocycles. The fourth-order valence-corrected chi connectivity index (χ4v) is 1.96. The average molecular weight is 298 g/mol. The molecule has 0 fully saturated rings. The van der Waals surface area contributed by atoms with E-state index < -0.39 is 0 Å². The first-order valence-electron chi connectivity index (χ1n) is 6.59. The van der Waals surface area contributed by atoms with Crippen LogP contribution in [0.2, 0.25) is 0 Å². The minimum absolute atomic E-state index is 0.304. The molecule has 0 saturated carbocycles. The third-order valence-corrected chi connectivity index (χ3v) is 2.92. The molecule has 0 spiro atoms. The van der Waals surface area contributed by atoms with Crippen LogP contribution >= 0.6 is 0 Å². The number of hydrazone groups is 1. The second-order valence-electron chi connectivity index (χ2n) is 4.58. The van der Waals surface area contributed by atoms with E-state index in [-0.39, 0.29) is 5.82 Å². The van der Waals surface area contributed by atoms with Crippen LogP contribution in [0.15, 0.2) is 35.4 Å². The van der Waals surface area contributed by atoms with E-state index in [0.717, 1.165) is 11.3 Å². The van der Waals surface area contributed by atoms with E-state index in [1.807, 2.05) is 6.92 Å². The Balaban J connectivity index is 2.26. The largest absolute Gasteiger partial charge is 0.380 e. The van der Waals surface area contributed by atoms with Gasteiger partial charge in [0.05, 0.1) is 12.8 Å². The highest BCUT2D eigenvalue weighted by Gasteiger charge is 2.10. The summed E-state index contributed by atoms with van der Waals surface area (Å²) in [5, 5.41) is 13.2. The number of nitriles is 1. The van der Waals surface area contributed by atoms with Crippen molar-refractivity contribution in [1.82, 2.24) is 4.98 Å². The minimum Gasteiger partial charge on any atom is -0.380 e. The van der Waals surface area contributed by atoms with Crippen LogP contribution < -0.4 is 5.43 Å². The molecule has 1 heterocycles. The molecule has 0 saturated heterocycles. The van der Waals surface area contributed by atoms with Gasteiger partial charge in [-0.05, 0) is 19.1 Å². The van der Waals surface area contributed by atoms with Crippen LogP contribution in [0.4, 0.5) is 10.2 Å². The molecule has 6 heteroatoms. The lowest BCUT2D eigenvalue weighted by molar-refractivity contribution is 0.184. The summed E-state index contributed by atoms with van der Waals surface area (Å²) in [7, 11) is 1.56. The Hall–Kier alpha value is -2.78. The molecule has 5 nitrogen and oxygen atoms in total. The number of pyridine rings is 1. The van der Waals surface area contributed by atoms with Gasteiger partial charge in [0.15, 0.2) is 5.82 Å². The lowest BCUT2D eigenvalue weighted by Gasteiger charge is -2.09. The molecule has 1 aromatic heterocycles. The van der Waals surface area contributed by atoms with Crippen molar-refractivity contribution in [3.05, 3.63) is 58.5 Å². The quantitative estimate of drug-likeness (QED) is 0.680. The molecule has 0 atom stereocenters. The molecule has 1 N–H and O–H groups in total. The molecule has 0 unspecified atom stereocenters. The maximum Gasteiger partial charge on any atom is 0.164 e. The van der Waals surface area contributed by atoms with Crippen molar-refractivity contribution in [2.45, 2.75) is 13.5 Å². The molecule has 1 aromatic carbocycles. The Morgan fingerprint density at radius 2 is 2.23 bits per heavy atom. The van der Waals surface area contributed by atoms with E-state index in [2.05, 4.69) is 21.6 Å². The number of hydrogen-bond donors (Lipinski definition) is 1. The van der Waals surface area contributed by atoms with Crippen LogP contribution in [-0.2, 0) is 11.3 Å². The number of aryl methyl sites for hydroxylation is 1. The lowest BCUT2D eigenvalue weighted by atomic mass is 10.1. The molecule has 112 valence electrons. The summed E-state index contributed by atoms with van der Waals surface area (Å²) >= 11 is 0. The highest BCUT2D eigenvalue weighted by atomic mass is 19.1. The van der Waals surface area contributed by atoms with Gasteiger partial charge in [-0.1, -0.05) is 18.2 Å². The number of nitrogens with one attached hydrogen (secondary N) is 1. The van der Waals surface area contributed by atoms with Crippen molar-refractivity contribution < 1.29 is 9.13 Å². The fourth-order valence-electron chi connectivity index (χ4n) is 1.96. The summed E-state index contributed by atoms with van der Waals surface area (Å²) in [6.07, 6.45) is 1.34. The standard InChI is InChI=1S/C16H15FN4O/c1-11-7-13(10-22-2)14(8-18)16(20-11)21-19-9-12-5-3-4-6-15(12)17/h3-7,9H,10H2,1-2H3,(H,20,21). The third-order valence-electron chi connectivity index (χ3n) is 2.92. The Kier molecular flexibility index (Phi) is 5.17. The number of anilines is 1. The van der Waals surface area contributed by atoms with Crippen molar-refractivity contribution in [2.24, 2.45) is 5.10 Å². The van der Waals surface area contributed by atoms with E-state index >= 15 is 0 Å². The Bertz CT molecular complexity index is 737. The predicted molar refractivity (Wildman–Crippen MR) is 82.0 cm³/mol. The van der Waals surface area contributed by atoms with Crippen LogP contribution in [0.25, 0.3) is 0 Å². The fraction of sp³-hybridized carbons (Fsp3) is 0.188. The monoisotopic (exact) mass is 298 g/mol. The van der Waals surface area contributed by atoms with Gasteiger partial charge in [0.2, 0.25) is 0 Å². The molecule has 0 aliphatic carbocycles. The highest BCUT2D eigenvalue weighted by molar-refractivity contribution is 5.80.